The number of aryl methyl sites for hydroxylation is 1. The first-order valence-electron chi connectivity index (χ1n) is 7.93. The molecular weight excluding hydrogens is 288 g/mol. The van der Waals surface area contributed by atoms with Gasteiger partial charge in [0.2, 0.25) is 5.91 Å². The summed E-state index contributed by atoms with van der Waals surface area (Å²) in [6, 6.07) is 13.5. The molecular formula is C19H24N2O2. The van der Waals surface area contributed by atoms with E-state index in [1.54, 1.807) is 0 Å². The van der Waals surface area contributed by atoms with Gasteiger partial charge in [0.05, 0.1) is 6.61 Å². The molecule has 0 saturated carbocycles. The van der Waals surface area contributed by atoms with Gasteiger partial charge in [-0.3, -0.25) is 4.79 Å². The van der Waals surface area contributed by atoms with Crippen LogP contribution in [-0.4, -0.2) is 19.1 Å². The van der Waals surface area contributed by atoms with Gasteiger partial charge in [0, 0.05) is 24.3 Å². The minimum atomic E-state index is -0.00744. The number of rotatable bonds is 7. The molecule has 4 nitrogen and oxygen atoms in total. The molecule has 2 aromatic carbocycles. The zero-order valence-electron chi connectivity index (χ0n) is 14.0. The summed E-state index contributed by atoms with van der Waals surface area (Å²) in [6.45, 7) is 7.35. The van der Waals surface area contributed by atoms with E-state index in [0.717, 1.165) is 17.1 Å². The van der Waals surface area contributed by atoms with Gasteiger partial charge >= 0.3 is 0 Å². The lowest BCUT2D eigenvalue weighted by Crippen LogP contribution is -2.16. The number of nitrogens with one attached hydrogen (secondary N) is 2. The van der Waals surface area contributed by atoms with Crippen LogP contribution in [0.1, 0.15) is 24.5 Å². The maximum Gasteiger partial charge on any atom is 0.226 e. The minimum Gasteiger partial charge on any atom is -0.494 e. The van der Waals surface area contributed by atoms with E-state index in [-0.39, 0.29) is 5.91 Å². The number of carbonyl (C=O) groups excluding carboxylic acids is 1. The topological polar surface area (TPSA) is 50.4 Å². The Labute approximate surface area is 137 Å². The molecule has 23 heavy (non-hydrogen) atoms. The van der Waals surface area contributed by atoms with Crippen molar-refractivity contribution in [1.82, 2.24) is 0 Å². The molecule has 2 aromatic rings. The lowest BCUT2D eigenvalue weighted by atomic mass is 10.1. The maximum absolute atomic E-state index is 12.0. The Kier molecular flexibility index (Phi) is 6.03. The summed E-state index contributed by atoms with van der Waals surface area (Å²) in [7, 11) is 0. The fourth-order valence-electron chi connectivity index (χ4n) is 2.28. The molecule has 4 heteroatoms. The first kappa shape index (κ1) is 16.9. The summed E-state index contributed by atoms with van der Waals surface area (Å²) in [5, 5.41) is 6.20. The van der Waals surface area contributed by atoms with Crippen LogP contribution in [0.15, 0.2) is 42.5 Å². The van der Waals surface area contributed by atoms with Gasteiger partial charge in [-0.25, -0.2) is 0 Å². The number of benzene rings is 2. The van der Waals surface area contributed by atoms with Crippen LogP contribution in [0.4, 0.5) is 11.4 Å². The fourth-order valence-corrected chi connectivity index (χ4v) is 2.28. The van der Waals surface area contributed by atoms with Crippen LogP contribution in [0, 0.1) is 13.8 Å². The van der Waals surface area contributed by atoms with E-state index in [4.69, 9.17) is 4.74 Å². The van der Waals surface area contributed by atoms with Crippen molar-refractivity contribution in [2.45, 2.75) is 27.2 Å². The van der Waals surface area contributed by atoms with E-state index in [1.165, 1.54) is 11.1 Å². The number of ether oxygens (including phenoxy) is 1. The number of amides is 1. The molecule has 0 spiro atoms. The monoisotopic (exact) mass is 312 g/mol. The third-order valence-electron chi connectivity index (χ3n) is 3.72. The summed E-state index contributed by atoms with van der Waals surface area (Å²) in [5.74, 6) is 0.800. The first-order valence-corrected chi connectivity index (χ1v) is 7.93. The molecule has 0 heterocycles. The van der Waals surface area contributed by atoms with Crippen LogP contribution < -0.4 is 15.4 Å². The highest BCUT2D eigenvalue weighted by molar-refractivity contribution is 5.91. The van der Waals surface area contributed by atoms with E-state index in [9.17, 15) is 4.79 Å². The van der Waals surface area contributed by atoms with Crippen LogP contribution >= 0.6 is 0 Å². The quantitative estimate of drug-likeness (QED) is 0.808. The molecule has 0 unspecified atom stereocenters. The van der Waals surface area contributed by atoms with E-state index < -0.39 is 0 Å². The normalized spacial score (nSPS) is 10.2. The third kappa shape index (κ3) is 5.02. The number of hydrogen-bond acceptors (Lipinski definition) is 3. The van der Waals surface area contributed by atoms with Crippen molar-refractivity contribution in [2.75, 3.05) is 23.8 Å². The number of hydrogen-bond donors (Lipinski definition) is 2. The second kappa shape index (κ2) is 8.22. The third-order valence-corrected chi connectivity index (χ3v) is 3.72. The van der Waals surface area contributed by atoms with E-state index in [0.29, 0.717) is 19.6 Å². The zero-order chi connectivity index (χ0) is 16.7. The Morgan fingerprint density at radius 3 is 2.52 bits per heavy atom. The summed E-state index contributed by atoms with van der Waals surface area (Å²) in [6.07, 6.45) is 0.417. The predicted molar refractivity (Wildman–Crippen MR) is 95.3 cm³/mol. The molecule has 122 valence electrons. The molecule has 0 aromatic heterocycles. The number of anilines is 2. The van der Waals surface area contributed by atoms with Gasteiger partial charge in [0.15, 0.2) is 0 Å². The second-order valence-corrected chi connectivity index (χ2v) is 5.43. The van der Waals surface area contributed by atoms with Crippen molar-refractivity contribution in [1.29, 1.82) is 0 Å². The zero-order valence-corrected chi connectivity index (χ0v) is 14.0. The summed E-state index contributed by atoms with van der Waals surface area (Å²) >= 11 is 0. The van der Waals surface area contributed by atoms with Crippen molar-refractivity contribution in [2.24, 2.45) is 0 Å². The Morgan fingerprint density at radius 2 is 1.83 bits per heavy atom. The lowest BCUT2D eigenvalue weighted by molar-refractivity contribution is -0.115. The standard InChI is InChI=1S/C19H24N2O2/c1-4-23-17-10-8-16(9-11-17)21-19(22)12-13-20-18-7-5-6-14(2)15(18)3/h5-11,20H,4,12-13H2,1-3H3,(H,21,22). The van der Waals surface area contributed by atoms with Gasteiger partial charge in [0.1, 0.15) is 5.75 Å². The van der Waals surface area contributed by atoms with Crippen LogP contribution in [0.2, 0.25) is 0 Å². The Bertz CT molecular complexity index is 651. The number of carbonyl (C=O) groups is 1. The predicted octanol–water partition coefficient (Wildman–Crippen LogP) is 4.14. The molecule has 0 fully saturated rings. The van der Waals surface area contributed by atoms with Crippen LogP contribution in [-0.2, 0) is 4.79 Å². The largest absolute Gasteiger partial charge is 0.494 e. The molecule has 0 aliphatic rings. The van der Waals surface area contributed by atoms with Crippen LogP contribution in [0.25, 0.3) is 0 Å². The molecule has 0 radical (unpaired) electrons. The smallest absolute Gasteiger partial charge is 0.226 e. The van der Waals surface area contributed by atoms with E-state index in [2.05, 4.69) is 30.5 Å². The molecule has 0 aliphatic carbocycles. The molecule has 0 saturated heterocycles. The Morgan fingerprint density at radius 1 is 1.09 bits per heavy atom. The highest BCUT2D eigenvalue weighted by Crippen LogP contribution is 2.18. The maximum atomic E-state index is 12.0. The summed E-state index contributed by atoms with van der Waals surface area (Å²) in [4.78, 5) is 12.0. The second-order valence-electron chi connectivity index (χ2n) is 5.43. The average Bonchev–Trinajstić information content (AvgIpc) is 2.54. The van der Waals surface area contributed by atoms with Crippen molar-refractivity contribution >= 4 is 17.3 Å². The van der Waals surface area contributed by atoms with E-state index in [1.807, 2.05) is 43.3 Å². The van der Waals surface area contributed by atoms with Gasteiger partial charge < -0.3 is 15.4 Å². The lowest BCUT2D eigenvalue weighted by Gasteiger charge is -2.11. The van der Waals surface area contributed by atoms with Crippen molar-refractivity contribution in [3.8, 4) is 5.75 Å². The van der Waals surface area contributed by atoms with Gasteiger partial charge in [0.25, 0.3) is 0 Å². The van der Waals surface area contributed by atoms with Gasteiger partial charge in [-0.1, -0.05) is 12.1 Å². The first-order chi connectivity index (χ1) is 11.1. The Hall–Kier alpha value is -2.49. The molecule has 0 bridgehead atoms. The SMILES string of the molecule is CCOc1ccc(NC(=O)CCNc2cccc(C)c2C)cc1. The molecule has 2 N–H and O–H groups in total. The van der Waals surface area contributed by atoms with Crippen molar-refractivity contribution in [3.05, 3.63) is 53.6 Å². The average molecular weight is 312 g/mol. The minimum absolute atomic E-state index is 0.00744. The van der Waals surface area contributed by atoms with Gasteiger partial charge in [-0.2, -0.15) is 0 Å². The molecule has 1 amide bonds. The molecule has 0 atom stereocenters. The van der Waals surface area contributed by atoms with Gasteiger partial charge in [-0.15, -0.1) is 0 Å². The fraction of sp³-hybridized carbons (Fsp3) is 0.316. The molecule has 0 aliphatic heterocycles. The Balaban J connectivity index is 1.80. The van der Waals surface area contributed by atoms with Crippen LogP contribution in [0.5, 0.6) is 5.75 Å². The van der Waals surface area contributed by atoms with E-state index >= 15 is 0 Å². The highest BCUT2D eigenvalue weighted by Gasteiger charge is 2.04. The highest BCUT2D eigenvalue weighted by atomic mass is 16.5. The molecule has 2 rings (SSSR count). The van der Waals surface area contributed by atoms with Crippen molar-refractivity contribution < 1.29 is 9.53 Å². The summed E-state index contributed by atoms with van der Waals surface area (Å²) in [5.41, 5.74) is 4.33. The van der Waals surface area contributed by atoms with Crippen LogP contribution in [0.3, 0.4) is 0 Å². The van der Waals surface area contributed by atoms with Crippen molar-refractivity contribution in [3.63, 3.8) is 0 Å². The summed E-state index contributed by atoms with van der Waals surface area (Å²) < 4.78 is 5.38. The van der Waals surface area contributed by atoms with Gasteiger partial charge in [-0.05, 0) is 62.2 Å².